The van der Waals surface area contributed by atoms with E-state index in [4.69, 9.17) is 11.5 Å². The van der Waals surface area contributed by atoms with Gasteiger partial charge in [0.25, 0.3) is 11.8 Å². The summed E-state index contributed by atoms with van der Waals surface area (Å²) < 4.78 is 0.744. The molecule has 0 spiro atoms. The fourth-order valence-corrected chi connectivity index (χ4v) is 5.56. The molecule has 2 heterocycles. The topological polar surface area (TPSA) is 110 Å². The standard InChI is InChI=1S/C22H20N4O2S2/c1-11-5-3-7-13(9-11)25-20(27)18-16(23)15-17(24)19(30-22(15)29-18)21(28)26-14-8-4-6-12(2)10-14/h3-10H,23-24H2,1-2H3,(H,25,27)(H,26,28). The number of benzene rings is 2. The van der Waals surface area contributed by atoms with E-state index in [0.717, 1.165) is 15.1 Å². The largest absolute Gasteiger partial charge is 0.397 e. The van der Waals surface area contributed by atoms with Crippen molar-refractivity contribution in [3.05, 3.63) is 69.4 Å². The predicted octanol–water partition coefficient (Wildman–Crippen LogP) is 5.25. The molecular weight excluding hydrogens is 416 g/mol. The lowest BCUT2D eigenvalue weighted by atomic mass is 10.2. The summed E-state index contributed by atoms with van der Waals surface area (Å²) in [6, 6.07) is 15.1. The Kier molecular flexibility index (Phi) is 5.19. The number of anilines is 4. The molecule has 2 aromatic carbocycles. The Morgan fingerprint density at radius 1 is 0.767 bits per heavy atom. The van der Waals surface area contributed by atoms with Gasteiger partial charge in [0.15, 0.2) is 0 Å². The minimum atomic E-state index is -0.295. The molecule has 0 unspecified atom stereocenters. The summed E-state index contributed by atoms with van der Waals surface area (Å²) in [6.07, 6.45) is 0. The molecule has 0 aliphatic heterocycles. The van der Waals surface area contributed by atoms with E-state index in [1.54, 1.807) is 0 Å². The van der Waals surface area contributed by atoms with Gasteiger partial charge in [0.05, 0.1) is 20.8 Å². The van der Waals surface area contributed by atoms with Crippen molar-refractivity contribution in [1.29, 1.82) is 0 Å². The molecule has 6 N–H and O–H groups in total. The first-order chi connectivity index (χ1) is 14.3. The maximum atomic E-state index is 12.7. The SMILES string of the molecule is Cc1cccc(NC(=O)c2sc3sc(C(=O)Nc4cccc(C)c4)c(N)c3c2N)c1. The molecule has 0 aliphatic carbocycles. The summed E-state index contributed by atoms with van der Waals surface area (Å²) in [7, 11) is 0. The Labute approximate surface area is 181 Å². The van der Waals surface area contributed by atoms with Gasteiger partial charge in [0.1, 0.15) is 9.75 Å². The summed E-state index contributed by atoms with van der Waals surface area (Å²) in [5.41, 5.74) is 16.6. The van der Waals surface area contributed by atoms with Gasteiger partial charge in [-0.25, -0.2) is 0 Å². The Bertz CT molecular complexity index is 1190. The number of hydrogen-bond acceptors (Lipinski definition) is 6. The van der Waals surface area contributed by atoms with E-state index in [2.05, 4.69) is 10.6 Å². The number of hydrogen-bond donors (Lipinski definition) is 4. The average Bonchev–Trinajstić information content (AvgIpc) is 3.19. The van der Waals surface area contributed by atoms with Crippen LogP contribution in [0.3, 0.4) is 0 Å². The van der Waals surface area contributed by atoms with Gasteiger partial charge in [0.2, 0.25) is 0 Å². The van der Waals surface area contributed by atoms with Crippen molar-refractivity contribution in [2.24, 2.45) is 0 Å². The summed E-state index contributed by atoms with van der Waals surface area (Å²) >= 11 is 2.48. The fraction of sp³-hybridized carbons (Fsp3) is 0.0909. The number of nitrogens with two attached hydrogens (primary N) is 2. The third kappa shape index (κ3) is 3.74. The first-order valence-corrected chi connectivity index (χ1v) is 10.8. The number of carbonyl (C=O) groups is 2. The molecule has 2 aromatic heterocycles. The van der Waals surface area contributed by atoms with E-state index in [-0.39, 0.29) is 11.8 Å². The second kappa shape index (κ2) is 7.81. The second-order valence-electron chi connectivity index (χ2n) is 7.00. The van der Waals surface area contributed by atoms with Gasteiger partial charge in [-0.15, -0.1) is 22.7 Å². The fourth-order valence-electron chi connectivity index (χ4n) is 3.17. The van der Waals surface area contributed by atoms with Gasteiger partial charge in [-0.05, 0) is 49.2 Å². The lowest BCUT2D eigenvalue weighted by Gasteiger charge is -2.06. The van der Waals surface area contributed by atoms with Gasteiger partial charge in [-0.1, -0.05) is 24.3 Å². The van der Waals surface area contributed by atoms with Crippen LogP contribution in [-0.4, -0.2) is 11.8 Å². The highest BCUT2D eigenvalue weighted by molar-refractivity contribution is 7.40. The normalized spacial score (nSPS) is 10.9. The third-order valence-electron chi connectivity index (χ3n) is 4.59. The van der Waals surface area contributed by atoms with Crippen molar-refractivity contribution in [2.75, 3.05) is 22.1 Å². The monoisotopic (exact) mass is 436 g/mol. The molecule has 30 heavy (non-hydrogen) atoms. The molecule has 4 aromatic rings. The summed E-state index contributed by atoms with van der Waals surface area (Å²) in [5.74, 6) is -0.590. The maximum Gasteiger partial charge on any atom is 0.267 e. The molecule has 2 amide bonds. The smallest absolute Gasteiger partial charge is 0.267 e. The highest BCUT2D eigenvalue weighted by Crippen LogP contribution is 2.45. The zero-order valence-electron chi connectivity index (χ0n) is 16.4. The number of amides is 2. The molecule has 152 valence electrons. The maximum absolute atomic E-state index is 12.7. The highest BCUT2D eigenvalue weighted by Gasteiger charge is 2.25. The molecule has 0 radical (unpaired) electrons. The van der Waals surface area contributed by atoms with E-state index in [1.165, 1.54) is 22.7 Å². The number of nitrogens with one attached hydrogen (secondary N) is 2. The van der Waals surface area contributed by atoms with Gasteiger partial charge in [0, 0.05) is 11.4 Å². The molecule has 0 saturated carbocycles. The molecule has 0 saturated heterocycles. The van der Waals surface area contributed by atoms with Crippen LogP contribution >= 0.6 is 22.7 Å². The average molecular weight is 437 g/mol. The molecule has 0 atom stereocenters. The number of aryl methyl sites for hydroxylation is 2. The first-order valence-electron chi connectivity index (χ1n) is 9.19. The van der Waals surface area contributed by atoms with Crippen molar-refractivity contribution >= 4 is 66.6 Å². The van der Waals surface area contributed by atoms with Crippen molar-refractivity contribution in [3.63, 3.8) is 0 Å². The second-order valence-corrected chi connectivity index (χ2v) is 9.30. The predicted molar refractivity (Wildman–Crippen MR) is 127 cm³/mol. The van der Waals surface area contributed by atoms with Crippen molar-refractivity contribution in [1.82, 2.24) is 0 Å². The van der Waals surface area contributed by atoms with Gasteiger partial charge >= 0.3 is 0 Å². The van der Waals surface area contributed by atoms with Gasteiger partial charge in [-0.3, -0.25) is 9.59 Å². The summed E-state index contributed by atoms with van der Waals surface area (Å²) in [6.45, 7) is 3.91. The van der Waals surface area contributed by atoms with Crippen LogP contribution < -0.4 is 22.1 Å². The van der Waals surface area contributed by atoms with Crippen LogP contribution in [0, 0.1) is 13.8 Å². The minimum Gasteiger partial charge on any atom is -0.397 e. The lowest BCUT2D eigenvalue weighted by Crippen LogP contribution is -2.13. The Morgan fingerprint density at radius 3 is 1.57 bits per heavy atom. The zero-order valence-corrected chi connectivity index (χ0v) is 18.0. The van der Waals surface area contributed by atoms with E-state index >= 15 is 0 Å². The van der Waals surface area contributed by atoms with E-state index in [9.17, 15) is 9.59 Å². The molecule has 0 bridgehead atoms. The first kappa shape index (κ1) is 19.9. The molecule has 0 fully saturated rings. The van der Waals surface area contributed by atoms with Crippen LogP contribution in [0.1, 0.15) is 30.5 Å². The van der Waals surface area contributed by atoms with Crippen LogP contribution in [0.2, 0.25) is 0 Å². The molecular formula is C22H20N4O2S2. The number of thiophene rings is 2. The molecule has 8 heteroatoms. The highest BCUT2D eigenvalue weighted by atomic mass is 32.2. The zero-order chi connectivity index (χ0) is 21.4. The Hall–Kier alpha value is -3.36. The van der Waals surface area contributed by atoms with Gasteiger partial charge < -0.3 is 22.1 Å². The summed E-state index contributed by atoms with van der Waals surface area (Å²) in [4.78, 5) is 26.2. The lowest BCUT2D eigenvalue weighted by molar-refractivity contribution is 0.102. The quantitative estimate of drug-likeness (QED) is 0.350. The Morgan fingerprint density at radius 2 is 1.20 bits per heavy atom. The van der Waals surface area contributed by atoms with Crippen molar-refractivity contribution < 1.29 is 9.59 Å². The van der Waals surface area contributed by atoms with Crippen LogP contribution in [0.15, 0.2) is 48.5 Å². The Balaban J connectivity index is 1.61. The van der Waals surface area contributed by atoms with Crippen LogP contribution in [0.5, 0.6) is 0 Å². The molecule has 0 aliphatic rings. The number of rotatable bonds is 4. The summed E-state index contributed by atoms with van der Waals surface area (Å²) in [5, 5.41) is 6.29. The molecule has 6 nitrogen and oxygen atoms in total. The van der Waals surface area contributed by atoms with E-state index in [1.807, 2.05) is 62.4 Å². The van der Waals surface area contributed by atoms with Crippen LogP contribution in [-0.2, 0) is 0 Å². The molecule has 4 rings (SSSR count). The van der Waals surface area contributed by atoms with E-state index < -0.39 is 0 Å². The number of carbonyl (C=O) groups excluding carboxylic acids is 2. The number of fused-ring (bicyclic) bond motifs is 1. The van der Waals surface area contributed by atoms with Crippen molar-refractivity contribution in [3.8, 4) is 0 Å². The van der Waals surface area contributed by atoms with Crippen molar-refractivity contribution in [2.45, 2.75) is 13.8 Å². The minimum absolute atomic E-state index is 0.295. The third-order valence-corrected chi connectivity index (χ3v) is 7.08. The number of nitrogen functional groups attached to an aromatic ring is 2. The van der Waals surface area contributed by atoms with Crippen LogP contribution in [0.25, 0.3) is 9.40 Å². The van der Waals surface area contributed by atoms with Gasteiger partial charge in [-0.2, -0.15) is 0 Å². The van der Waals surface area contributed by atoms with E-state index in [0.29, 0.717) is 37.9 Å². The van der Waals surface area contributed by atoms with Crippen LogP contribution in [0.4, 0.5) is 22.7 Å².